The number of nitrogens with one attached hydrogen (secondary N) is 3. The van der Waals surface area contributed by atoms with E-state index >= 15 is 0 Å². The molecule has 1 aliphatic heterocycles. The number of aromatic nitrogens is 1. The Morgan fingerprint density at radius 2 is 1.78 bits per heavy atom. The predicted octanol–water partition coefficient (Wildman–Crippen LogP) is 2.77. The Balaban J connectivity index is 1.72. The van der Waals surface area contributed by atoms with Crippen LogP contribution in [0.25, 0.3) is 0 Å². The zero-order valence-electron chi connectivity index (χ0n) is 22.8. The maximum absolute atomic E-state index is 14.2. The van der Waals surface area contributed by atoms with Crippen LogP contribution in [0, 0.1) is 17.7 Å². The number of nitrogens with two attached hydrogens (primary N) is 1. The van der Waals surface area contributed by atoms with Gasteiger partial charge in [0.15, 0.2) is 5.66 Å². The van der Waals surface area contributed by atoms with Crippen LogP contribution in [0.4, 0.5) is 4.39 Å². The van der Waals surface area contributed by atoms with Crippen LogP contribution in [0.3, 0.4) is 0 Å². The molecule has 5 N–H and O–H groups in total. The molecule has 214 valence electrons. The quantitative estimate of drug-likeness (QED) is 0.222. The van der Waals surface area contributed by atoms with Crippen LogP contribution in [-0.4, -0.2) is 46.7 Å². The van der Waals surface area contributed by atoms with Gasteiger partial charge in [0.25, 0.3) is 5.91 Å². The van der Waals surface area contributed by atoms with Gasteiger partial charge in [0.1, 0.15) is 11.9 Å². The highest BCUT2D eigenvalue weighted by molar-refractivity contribution is 6.06. The van der Waals surface area contributed by atoms with E-state index in [9.17, 15) is 23.6 Å². The van der Waals surface area contributed by atoms with Crippen molar-refractivity contribution in [2.45, 2.75) is 44.3 Å². The molecule has 1 aromatic heterocycles. The third-order valence-corrected chi connectivity index (χ3v) is 7.42. The SMILES string of the molecule is CC(NC(=O)c1cccnc1)C(=O)NC(N)(C(=O)c1ccc(F)cc1)C(Cc1ccccc1)C1CCCCNC1=O. The Kier molecular flexibility index (Phi) is 9.57. The molecule has 10 heteroatoms. The molecule has 0 spiro atoms. The molecule has 2 heterocycles. The lowest BCUT2D eigenvalue weighted by Gasteiger charge is -2.41. The molecule has 4 atom stereocenters. The number of amides is 3. The van der Waals surface area contributed by atoms with E-state index in [4.69, 9.17) is 5.73 Å². The third kappa shape index (κ3) is 7.20. The molecule has 4 unspecified atom stereocenters. The van der Waals surface area contributed by atoms with E-state index in [1.54, 1.807) is 12.1 Å². The van der Waals surface area contributed by atoms with Crippen molar-refractivity contribution in [3.05, 3.63) is 102 Å². The number of nitrogens with zero attached hydrogens (tertiary/aromatic N) is 1. The van der Waals surface area contributed by atoms with Gasteiger partial charge >= 0.3 is 0 Å². The molecule has 41 heavy (non-hydrogen) atoms. The fourth-order valence-electron chi connectivity index (χ4n) is 5.15. The first-order valence-electron chi connectivity index (χ1n) is 13.6. The van der Waals surface area contributed by atoms with Crippen molar-refractivity contribution in [2.24, 2.45) is 17.6 Å². The zero-order valence-corrected chi connectivity index (χ0v) is 22.8. The third-order valence-electron chi connectivity index (χ3n) is 7.42. The molecule has 0 radical (unpaired) electrons. The van der Waals surface area contributed by atoms with E-state index in [2.05, 4.69) is 20.9 Å². The Hall–Kier alpha value is -4.44. The number of pyridine rings is 1. The summed E-state index contributed by atoms with van der Waals surface area (Å²) in [7, 11) is 0. The van der Waals surface area contributed by atoms with Crippen LogP contribution in [0.1, 0.15) is 52.5 Å². The molecule has 0 saturated carbocycles. The summed E-state index contributed by atoms with van der Waals surface area (Å²) in [5, 5.41) is 8.22. The first-order chi connectivity index (χ1) is 19.7. The summed E-state index contributed by atoms with van der Waals surface area (Å²) in [6.45, 7) is 1.97. The van der Waals surface area contributed by atoms with E-state index in [-0.39, 0.29) is 23.5 Å². The minimum absolute atomic E-state index is 0.0772. The van der Waals surface area contributed by atoms with Crippen LogP contribution in [0.2, 0.25) is 0 Å². The Labute approximate surface area is 238 Å². The predicted molar refractivity (Wildman–Crippen MR) is 151 cm³/mol. The van der Waals surface area contributed by atoms with Gasteiger partial charge in [0.2, 0.25) is 17.6 Å². The maximum Gasteiger partial charge on any atom is 0.253 e. The largest absolute Gasteiger partial charge is 0.356 e. The number of rotatable bonds is 10. The standard InChI is InChI=1S/C31H34FN5O4/c1-20(36-29(40)23-10-7-16-34-19-23)28(39)37-31(33,27(38)22-12-14-24(32)15-13-22)26(18-21-8-3-2-4-9-21)25-11-5-6-17-35-30(25)41/h2-4,7-10,12-16,19-20,25-26H,5-6,11,17-18,33H2,1H3,(H,35,41)(H,36,40)(H,37,39). The second-order valence-electron chi connectivity index (χ2n) is 10.3. The smallest absolute Gasteiger partial charge is 0.253 e. The second kappa shape index (κ2) is 13.3. The highest BCUT2D eigenvalue weighted by Gasteiger charge is 2.49. The monoisotopic (exact) mass is 559 g/mol. The average Bonchev–Trinajstić information content (AvgIpc) is 3.20. The van der Waals surface area contributed by atoms with E-state index in [1.807, 2.05) is 30.3 Å². The minimum atomic E-state index is -2.08. The first kappa shape index (κ1) is 29.5. The van der Waals surface area contributed by atoms with Gasteiger partial charge in [-0.25, -0.2) is 4.39 Å². The summed E-state index contributed by atoms with van der Waals surface area (Å²) < 4.78 is 13.7. The molecule has 9 nitrogen and oxygen atoms in total. The van der Waals surface area contributed by atoms with Crippen molar-refractivity contribution >= 4 is 23.5 Å². The number of ketones is 1. The van der Waals surface area contributed by atoms with Crippen LogP contribution < -0.4 is 21.7 Å². The van der Waals surface area contributed by atoms with Gasteiger partial charge in [0, 0.05) is 36.3 Å². The summed E-state index contributed by atoms with van der Waals surface area (Å²) in [6.07, 6.45) is 5.05. The lowest BCUT2D eigenvalue weighted by atomic mass is 9.72. The molecule has 3 amide bonds. The summed E-state index contributed by atoms with van der Waals surface area (Å²) in [6, 6.07) is 16.2. The van der Waals surface area contributed by atoms with Gasteiger partial charge in [-0.1, -0.05) is 36.8 Å². The first-order valence-corrected chi connectivity index (χ1v) is 13.6. The fraction of sp³-hybridized carbons (Fsp3) is 0.323. The van der Waals surface area contributed by atoms with Gasteiger partial charge in [-0.2, -0.15) is 0 Å². The van der Waals surface area contributed by atoms with Crippen molar-refractivity contribution in [1.29, 1.82) is 0 Å². The van der Waals surface area contributed by atoms with Crippen molar-refractivity contribution in [3.63, 3.8) is 0 Å². The lowest BCUT2D eigenvalue weighted by Crippen LogP contribution is -2.70. The second-order valence-corrected chi connectivity index (χ2v) is 10.3. The molecule has 1 fully saturated rings. The molecule has 0 aliphatic carbocycles. The van der Waals surface area contributed by atoms with Gasteiger partial charge < -0.3 is 21.7 Å². The van der Waals surface area contributed by atoms with Crippen LogP contribution in [0.15, 0.2) is 79.1 Å². The number of Topliss-reactive ketones (excluding diaryl/α,β-unsaturated/α-hetero) is 1. The molecule has 1 aliphatic rings. The highest BCUT2D eigenvalue weighted by atomic mass is 19.1. The normalized spacial score (nSPS) is 18.1. The lowest BCUT2D eigenvalue weighted by molar-refractivity contribution is -0.130. The molecule has 1 saturated heterocycles. The fourth-order valence-corrected chi connectivity index (χ4v) is 5.15. The maximum atomic E-state index is 14.2. The van der Waals surface area contributed by atoms with E-state index in [0.29, 0.717) is 13.0 Å². The summed E-state index contributed by atoms with van der Waals surface area (Å²) >= 11 is 0. The number of carbonyl (C=O) groups excluding carboxylic acids is 4. The van der Waals surface area contributed by atoms with Crippen molar-refractivity contribution in [3.8, 4) is 0 Å². The van der Waals surface area contributed by atoms with Gasteiger partial charge in [-0.15, -0.1) is 0 Å². The van der Waals surface area contributed by atoms with Crippen LogP contribution >= 0.6 is 0 Å². The van der Waals surface area contributed by atoms with Gasteiger partial charge in [0.05, 0.1) is 5.56 Å². The van der Waals surface area contributed by atoms with E-state index < -0.39 is 47.0 Å². The minimum Gasteiger partial charge on any atom is -0.356 e. The highest BCUT2D eigenvalue weighted by Crippen LogP contribution is 2.33. The summed E-state index contributed by atoms with van der Waals surface area (Å²) in [4.78, 5) is 57.7. The number of halogens is 1. The molecule has 2 aromatic carbocycles. The number of hydrogen-bond donors (Lipinski definition) is 4. The Morgan fingerprint density at radius 3 is 2.46 bits per heavy atom. The topological polar surface area (TPSA) is 143 Å². The zero-order chi connectivity index (χ0) is 29.4. The number of hydrogen-bond acceptors (Lipinski definition) is 6. The van der Waals surface area contributed by atoms with Crippen molar-refractivity contribution < 1.29 is 23.6 Å². The summed E-state index contributed by atoms with van der Waals surface area (Å²) in [5.41, 5.74) is 6.03. The number of carbonyl (C=O) groups is 4. The van der Waals surface area contributed by atoms with E-state index in [1.165, 1.54) is 31.5 Å². The molecule has 3 aromatic rings. The van der Waals surface area contributed by atoms with Gasteiger partial charge in [-0.3, -0.25) is 24.2 Å². The summed E-state index contributed by atoms with van der Waals surface area (Å²) in [5.74, 6) is -4.28. The molecule has 0 bridgehead atoms. The Bertz CT molecular complexity index is 1370. The van der Waals surface area contributed by atoms with Crippen LogP contribution in [-0.2, 0) is 16.0 Å². The van der Waals surface area contributed by atoms with Crippen molar-refractivity contribution in [2.75, 3.05) is 6.54 Å². The Morgan fingerprint density at radius 1 is 1.05 bits per heavy atom. The van der Waals surface area contributed by atoms with E-state index in [0.717, 1.165) is 30.5 Å². The number of benzene rings is 2. The average molecular weight is 560 g/mol. The van der Waals surface area contributed by atoms with Gasteiger partial charge in [-0.05, 0) is 68.1 Å². The molecule has 4 rings (SSSR count). The molecular formula is C31H34FN5O4. The van der Waals surface area contributed by atoms with Crippen LogP contribution in [0.5, 0.6) is 0 Å². The molecular weight excluding hydrogens is 525 g/mol. The van der Waals surface area contributed by atoms with Crippen molar-refractivity contribution in [1.82, 2.24) is 20.9 Å².